The van der Waals surface area contributed by atoms with Crippen LogP contribution < -0.4 is 5.32 Å². The van der Waals surface area contributed by atoms with Crippen LogP contribution in [0.15, 0.2) is 11.9 Å². The van der Waals surface area contributed by atoms with E-state index in [1.165, 1.54) is 62.8 Å². The fraction of sp³-hybridized carbons (Fsp3) is 0.833. The van der Waals surface area contributed by atoms with Crippen molar-refractivity contribution in [3.8, 4) is 0 Å². The van der Waals surface area contributed by atoms with Gasteiger partial charge in [0.2, 0.25) is 0 Å². The molecule has 1 amide bonds. The molecule has 0 aliphatic rings. The summed E-state index contributed by atoms with van der Waals surface area (Å²) in [4.78, 5) is 10.5. The molecule has 0 fully saturated rings. The molecule has 0 aliphatic heterocycles. The van der Waals surface area contributed by atoms with Gasteiger partial charge in [-0.05, 0) is 12.8 Å². The first-order valence-electron chi connectivity index (χ1n) is 9.07. The number of allylic oxidation sites excluding steroid dienone is 1. The van der Waals surface area contributed by atoms with Gasteiger partial charge >= 0.3 is 12.1 Å². The molecule has 2 nitrogen and oxygen atoms in total. The number of hydrogen-bond donors (Lipinski definition) is 1. The molecule has 0 bridgehead atoms. The lowest BCUT2D eigenvalue weighted by molar-refractivity contribution is -0.173. The summed E-state index contributed by atoms with van der Waals surface area (Å²) >= 11 is 0. The second-order valence-corrected chi connectivity index (χ2v) is 6.16. The van der Waals surface area contributed by atoms with Crippen molar-refractivity contribution in [2.24, 2.45) is 0 Å². The molecular formula is C18H31F4NO. The van der Waals surface area contributed by atoms with Crippen LogP contribution in [0.4, 0.5) is 17.6 Å². The largest absolute Gasteiger partial charge is 0.471 e. The van der Waals surface area contributed by atoms with E-state index >= 15 is 0 Å². The van der Waals surface area contributed by atoms with Gasteiger partial charge < -0.3 is 5.32 Å². The molecule has 0 saturated carbocycles. The van der Waals surface area contributed by atoms with Gasteiger partial charge in [-0.25, -0.2) is 4.39 Å². The molecule has 142 valence electrons. The van der Waals surface area contributed by atoms with Gasteiger partial charge in [0, 0.05) is 0 Å². The molecule has 6 heteroatoms. The fourth-order valence-corrected chi connectivity index (χ4v) is 2.40. The van der Waals surface area contributed by atoms with Crippen LogP contribution in [-0.4, -0.2) is 18.6 Å². The highest BCUT2D eigenvalue weighted by molar-refractivity contribution is 5.81. The van der Waals surface area contributed by atoms with Crippen molar-refractivity contribution >= 4 is 5.91 Å². The van der Waals surface area contributed by atoms with Crippen molar-refractivity contribution in [1.82, 2.24) is 5.32 Å². The number of rotatable bonds is 14. The average Bonchev–Trinajstić information content (AvgIpc) is 2.52. The third-order valence-electron chi connectivity index (χ3n) is 3.85. The van der Waals surface area contributed by atoms with E-state index in [0.717, 1.165) is 19.3 Å². The molecule has 0 radical (unpaired) electrons. The van der Waals surface area contributed by atoms with Crippen LogP contribution in [-0.2, 0) is 4.79 Å². The van der Waals surface area contributed by atoms with E-state index in [9.17, 15) is 22.4 Å². The van der Waals surface area contributed by atoms with Gasteiger partial charge in [0.15, 0.2) is 0 Å². The fourth-order valence-electron chi connectivity index (χ4n) is 2.40. The van der Waals surface area contributed by atoms with Crippen molar-refractivity contribution in [2.45, 2.75) is 90.1 Å². The van der Waals surface area contributed by atoms with E-state index in [-0.39, 0.29) is 0 Å². The zero-order valence-electron chi connectivity index (χ0n) is 14.7. The summed E-state index contributed by atoms with van der Waals surface area (Å²) in [6.45, 7) is 1.51. The van der Waals surface area contributed by atoms with Crippen molar-refractivity contribution in [3.05, 3.63) is 11.9 Å². The summed E-state index contributed by atoms with van der Waals surface area (Å²) in [6.07, 6.45) is 9.94. The monoisotopic (exact) mass is 353 g/mol. The first-order valence-corrected chi connectivity index (χ1v) is 9.07. The SMILES string of the molecule is CCCCCCCCCCCCC/C=C(\F)CNC(=O)C(F)(F)F. The van der Waals surface area contributed by atoms with Crippen LogP contribution in [0, 0.1) is 0 Å². The third kappa shape index (κ3) is 14.5. The number of nitrogens with one attached hydrogen (secondary N) is 1. The van der Waals surface area contributed by atoms with Gasteiger partial charge in [-0.2, -0.15) is 13.2 Å². The minimum absolute atomic E-state index is 0.491. The van der Waals surface area contributed by atoms with Crippen LogP contribution in [0.5, 0.6) is 0 Å². The van der Waals surface area contributed by atoms with E-state index in [1.54, 1.807) is 0 Å². The summed E-state index contributed by atoms with van der Waals surface area (Å²) in [5.41, 5.74) is 0. The van der Waals surface area contributed by atoms with Gasteiger partial charge in [-0.3, -0.25) is 4.79 Å². The topological polar surface area (TPSA) is 29.1 Å². The predicted molar refractivity (Wildman–Crippen MR) is 89.3 cm³/mol. The Kier molecular flexibility index (Phi) is 13.7. The summed E-state index contributed by atoms with van der Waals surface area (Å²) in [5, 5.41) is 1.51. The molecule has 0 aliphatic carbocycles. The molecule has 0 unspecified atom stereocenters. The molecule has 0 aromatic heterocycles. The summed E-state index contributed by atoms with van der Waals surface area (Å²) in [7, 11) is 0. The third-order valence-corrected chi connectivity index (χ3v) is 3.85. The first kappa shape index (κ1) is 22.9. The van der Waals surface area contributed by atoms with Crippen LogP contribution in [0.2, 0.25) is 0 Å². The molecule has 0 rings (SSSR count). The summed E-state index contributed by atoms with van der Waals surface area (Å²) in [5.74, 6) is -2.83. The lowest BCUT2D eigenvalue weighted by Gasteiger charge is -2.06. The Morgan fingerprint density at radius 1 is 0.875 bits per heavy atom. The Labute approximate surface area is 143 Å². The number of carbonyl (C=O) groups is 1. The highest BCUT2D eigenvalue weighted by atomic mass is 19.4. The number of hydrogen-bond acceptors (Lipinski definition) is 1. The Balaban J connectivity index is 3.43. The molecule has 24 heavy (non-hydrogen) atoms. The number of halogens is 4. The minimum Gasteiger partial charge on any atom is -0.342 e. The van der Waals surface area contributed by atoms with Gasteiger partial charge in [0.1, 0.15) is 5.83 Å². The lowest BCUT2D eigenvalue weighted by Crippen LogP contribution is -2.37. The highest BCUT2D eigenvalue weighted by Crippen LogP contribution is 2.15. The predicted octanol–water partition coefficient (Wildman–Crippen LogP) is 6.22. The maximum atomic E-state index is 13.2. The molecule has 0 spiro atoms. The molecule has 0 saturated heterocycles. The zero-order chi connectivity index (χ0) is 18.3. The van der Waals surface area contributed by atoms with Crippen LogP contribution in [0.3, 0.4) is 0 Å². The molecule has 1 N–H and O–H groups in total. The number of carbonyl (C=O) groups excluding carboxylic acids is 1. The maximum Gasteiger partial charge on any atom is 0.471 e. The quantitative estimate of drug-likeness (QED) is 0.291. The Morgan fingerprint density at radius 2 is 1.33 bits per heavy atom. The minimum atomic E-state index is -4.96. The normalized spacial score (nSPS) is 12.5. The van der Waals surface area contributed by atoms with Crippen molar-refractivity contribution < 1.29 is 22.4 Å². The molecule has 0 aromatic carbocycles. The summed E-state index contributed by atoms with van der Waals surface area (Å²) < 4.78 is 48.9. The molecular weight excluding hydrogens is 322 g/mol. The second kappa shape index (κ2) is 14.3. The van der Waals surface area contributed by atoms with E-state index in [1.807, 2.05) is 0 Å². The van der Waals surface area contributed by atoms with E-state index < -0.39 is 24.5 Å². The van der Waals surface area contributed by atoms with Gasteiger partial charge in [0.25, 0.3) is 0 Å². The van der Waals surface area contributed by atoms with E-state index in [4.69, 9.17) is 0 Å². The molecule has 0 heterocycles. The first-order chi connectivity index (χ1) is 11.4. The number of unbranched alkanes of at least 4 members (excludes halogenated alkanes) is 11. The van der Waals surface area contributed by atoms with Crippen LogP contribution in [0.25, 0.3) is 0 Å². The van der Waals surface area contributed by atoms with Gasteiger partial charge in [0.05, 0.1) is 6.54 Å². The van der Waals surface area contributed by atoms with Crippen LogP contribution in [0.1, 0.15) is 84.0 Å². The van der Waals surface area contributed by atoms with Gasteiger partial charge in [-0.1, -0.05) is 77.2 Å². The second-order valence-electron chi connectivity index (χ2n) is 6.16. The maximum absolute atomic E-state index is 13.2. The molecule has 0 aromatic rings. The average molecular weight is 353 g/mol. The standard InChI is InChI=1S/C18H31F4NO/c1-2-3-4-5-6-7-8-9-10-11-12-13-14-16(19)15-23-17(24)18(20,21)22/h14H,2-13,15H2,1H3,(H,23,24)/b16-14-. The Morgan fingerprint density at radius 3 is 1.79 bits per heavy atom. The van der Waals surface area contributed by atoms with Crippen molar-refractivity contribution in [1.29, 1.82) is 0 Å². The van der Waals surface area contributed by atoms with Crippen LogP contribution >= 0.6 is 0 Å². The highest BCUT2D eigenvalue weighted by Gasteiger charge is 2.38. The Bertz CT molecular complexity index is 353. The van der Waals surface area contributed by atoms with Gasteiger partial charge in [-0.15, -0.1) is 0 Å². The van der Waals surface area contributed by atoms with E-state index in [0.29, 0.717) is 6.42 Å². The number of alkyl halides is 3. The molecule has 0 atom stereocenters. The van der Waals surface area contributed by atoms with E-state index in [2.05, 4.69) is 6.92 Å². The number of amides is 1. The van der Waals surface area contributed by atoms with Crippen molar-refractivity contribution in [2.75, 3.05) is 6.54 Å². The smallest absolute Gasteiger partial charge is 0.342 e. The zero-order valence-corrected chi connectivity index (χ0v) is 14.7. The Hall–Kier alpha value is -1.07. The van der Waals surface area contributed by atoms with Crippen molar-refractivity contribution in [3.63, 3.8) is 0 Å². The summed E-state index contributed by atoms with van der Waals surface area (Å²) in [6, 6.07) is 0. The lowest BCUT2D eigenvalue weighted by atomic mass is 10.1.